The molecule has 2 aromatic carbocycles. The molecule has 0 heterocycles. The normalized spacial score (nSPS) is 9.94. The van der Waals surface area contributed by atoms with E-state index in [1.807, 2.05) is 42.5 Å². The molecule has 86 valence electrons. The average molecular weight is 246 g/mol. The third-order valence-electron chi connectivity index (χ3n) is 2.34. The molecule has 0 saturated heterocycles. The summed E-state index contributed by atoms with van der Waals surface area (Å²) in [5.41, 5.74) is 7.28. The molecule has 3 nitrogen and oxygen atoms in total. The van der Waals surface area contributed by atoms with Gasteiger partial charge in [0.15, 0.2) is 5.96 Å². The number of halogens is 1. The van der Waals surface area contributed by atoms with Crippen LogP contribution >= 0.6 is 11.6 Å². The first-order valence-electron chi connectivity index (χ1n) is 5.13. The molecule has 0 unspecified atom stereocenters. The first-order valence-corrected chi connectivity index (χ1v) is 5.51. The standard InChI is InChI=1S/C13H12ClN3/c14-10-6-8-12(9-7-10)17(13(15)16)11-4-2-1-3-5-11/h1-9H,(H3,15,16). The van der Waals surface area contributed by atoms with E-state index in [4.69, 9.17) is 22.7 Å². The number of hydrogen-bond acceptors (Lipinski definition) is 1. The fourth-order valence-corrected chi connectivity index (χ4v) is 1.72. The van der Waals surface area contributed by atoms with Gasteiger partial charge < -0.3 is 5.73 Å². The maximum Gasteiger partial charge on any atom is 0.197 e. The van der Waals surface area contributed by atoms with Crippen molar-refractivity contribution in [1.29, 1.82) is 5.41 Å². The number of rotatable bonds is 2. The number of nitrogens with two attached hydrogens (primary N) is 1. The summed E-state index contributed by atoms with van der Waals surface area (Å²) in [4.78, 5) is 1.65. The van der Waals surface area contributed by atoms with Gasteiger partial charge in [-0.2, -0.15) is 0 Å². The average Bonchev–Trinajstić information content (AvgIpc) is 2.33. The van der Waals surface area contributed by atoms with Gasteiger partial charge in [-0.25, -0.2) is 0 Å². The molecule has 0 bridgehead atoms. The zero-order chi connectivity index (χ0) is 12.3. The lowest BCUT2D eigenvalue weighted by atomic mass is 10.2. The van der Waals surface area contributed by atoms with Gasteiger partial charge in [0.1, 0.15) is 0 Å². The molecule has 2 aromatic rings. The van der Waals surface area contributed by atoms with Crippen LogP contribution in [0.3, 0.4) is 0 Å². The lowest BCUT2D eigenvalue weighted by molar-refractivity contribution is 1.26. The summed E-state index contributed by atoms with van der Waals surface area (Å²) in [6.07, 6.45) is 0. The molecule has 0 aliphatic heterocycles. The van der Waals surface area contributed by atoms with E-state index in [-0.39, 0.29) is 5.96 Å². The highest BCUT2D eigenvalue weighted by Gasteiger charge is 2.11. The van der Waals surface area contributed by atoms with Crippen LogP contribution < -0.4 is 10.6 Å². The predicted octanol–water partition coefficient (Wildman–Crippen LogP) is 3.37. The van der Waals surface area contributed by atoms with Crippen molar-refractivity contribution in [2.45, 2.75) is 0 Å². The molecule has 0 spiro atoms. The van der Waals surface area contributed by atoms with Gasteiger partial charge in [-0.15, -0.1) is 0 Å². The van der Waals surface area contributed by atoms with E-state index >= 15 is 0 Å². The van der Waals surface area contributed by atoms with E-state index in [1.54, 1.807) is 17.0 Å². The predicted molar refractivity (Wildman–Crippen MR) is 71.9 cm³/mol. The van der Waals surface area contributed by atoms with Gasteiger partial charge in [0, 0.05) is 16.4 Å². The minimum atomic E-state index is -0.0291. The Labute approximate surface area is 105 Å². The third-order valence-corrected chi connectivity index (χ3v) is 2.59. The molecule has 0 atom stereocenters. The lowest BCUT2D eigenvalue weighted by Gasteiger charge is -2.22. The van der Waals surface area contributed by atoms with Gasteiger partial charge in [-0.3, -0.25) is 10.3 Å². The van der Waals surface area contributed by atoms with Gasteiger partial charge in [-0.1, -0.05) is 29.8 Å². The molecule has 3 N–H and O–H groups in total. The third kappa shape index (κ3) is 2.57. The maximum absolute atomic E-state index is 7.65. The van der Waals surface area contributed by atoms with Crippen LogP contribution in [0.4, 0.5) is 11.4 Å². The number of benzene rings is 2. The number of nitrogens with one attached hydrogen (secondary N) is 1. The topological polar surface area (TPSA) is 53.1 Å². The fourth-order valence-electron chi connectivity index (χ4n) is 1.59. The number of guanidine groups is 1. The molecular formula is C13H12ClN3. The van der Waals surface area contributed by atoms with E-state index in [0.717, 1.165) is 11.4 Å². The van der Waals surface area contributed by atoms with Crippen LogP contribution in [0.1, 0.15) is 0 Å². The quantitative estimate of drug-likeness (QED) is 0.630. The van der Waals surface area contributed by atoms with Crippen molar-refractivity contribution in [2.75, 3.05) is 4.90 Å². The number of hydrogen-bond donors (Lipinski definition) is 2. The summed E-state index contributed by atoms with van der Waals surface area (Å²) in [6.45, 7) is 0. The molecular weight excluding hydrogens is 234 g/mol. The van der Waals surface area contributed by atoms with Crippen molar-refractivity contribution in [3.05, 3.63) is 59.6 Å². The van der Waals surface area contributed by atoms with E-state index in [0.29, 0.717) is 5.02 Å². The zero-order valence-corrected chi connectivity index (χ0v) is 9.85. The molecule has 0 aliphatic rings. The molecule has 0 radical (unpaired) electrons. The fraction of sp³-hybridized carbons (Fsp3) is 0. The summed E-state index contributed by atoms with van der Waals surface area (Å²) in [5, 5.41) is 8.31. The minimum Gasteiger partial charge on any atom is -0.369 e. The second-order valence-electron chi connectivity index (χ2n) is 3.53. The Morgan fingerprint density at radius 3 is 2.00 bits per heavy atom. The van der Waals surface area contributed by atoms with Crippen LogP contribution in [0.5, 0.6) is 0 Å². The molecule has 2 rings (SSSR count). The molecule has 0 fully saturated rings. The number of nitrogens with zero attached hydrogens (tertiary/aromatic N) is 1. The van der Waals surface area contributed by atoms with Crippen molar-refractivity contribution in [3.63, 3.8) is 0 Å². The van der Waals surface area contributed by atoms with Crippen LogP contribution in [0, 0.1) is 5.41 Å². The highest BCUT2D eigenvalue weighted by Crippen LogP contribution is 2.25. The Morgan fingerprint density at radius 1 is 0.941 bits per heavy atom. The monoisotopic (exact) mass is 245 g/mol. The second-order valence-corrected chi connectivity index (χ2v) is 3.97. The van der Waals surface area contributed by atoms with Crippen LogP contribution in [0.2, 0.25) is 5.02 Å². The molecule has 0 aliphatic carbocycles. The SMILES string of the molecule is N=C(N)N(c1ccccc1)c1ccc(Cl)cc1. The first-order chi connectivity index (χ1) is 8.18. The summed E-state index contributed by atoms with van der Waals surface area (Å²) < 4.78 is 0. The van der Waals surface area contributed by atoms with Crippen molar-refractivity contribution in [3.8, 4) is 0 Å². The van der Waals surface area contributed by atoms with Crippen molar-refractivity contribution >= 4 is 28.9 Å². The highest BCUT2D eigenvalue weighted by atomic mass is 35.5. The zero-order valence-electron chi connectivity index (χ0n) is 9.10. The summed E-state index contributed by atoms with van der Waals surface area (Å²) in [6, 6.07) is 16.7. The van der Waals surface area contributed by atoms with Crippen molar-refractivity contribution in [1.82, 2.24) is 0 Å². The highest BCUT2D eigenvalue weighted by molar-refractivity contribution is 6.30. The Hall–Kier alpha value is -2.00. The Balaban J connectivity index is 2.43. The smallest absolute Gasteiger partial charge is 0.197 e. The first kappa shape index (κ1) is 11.5. The van der Waals surface area contributed by atoms with Crippen LogP contribution in [-0.2, 0) is 0 Å². The summed E-state index contributed by atoms with van der Waals surface area (Å²) in [7, 11) is 0. The molecule has 0 aromatic heterocycles. The molecule has 4 heteroatoms. The molecule has 17 heavy (non-hydrogen) atoms. The largest absolute Gasteiger partial charge is 0.369 e. The van der Waals surface area contributed by atoms with Crippen LogP contribution in [0.15, 0.2) is 54.6 Å². The van der Waals surface area contributed by atoms with Crippen LogP contribution in [-0.4, -0.2) is 5.96 Å². The Morgan fingerprint density at radius 2 is 1.47 bits per heavy atom. The number of anilines is 2. The van der Waals surface area contributed by atoms with Crippen molar-refractivity contribution < 1.29 is 0 Å². The Bertz CT molecular complexity index is 508. The van der Waals surface area contributed by atoms with Crippen molar-refractivity contribution in [2.24, 2.45) is 5.73 Å². The van der Waals surface area contributed by atoms with E-state index in [1.165, 1.54) is 0 Å². The lowest BCUT2D eigenvalue weighted by Crippen LogP contribution is -2.32. The van der Waals surface area contributed by atoms with E-state index in [9.17, 15) is 0 Å². The maximum atomic E-state index is 7.65. The summed E-state index contributed by atoms with van der Waals surface area (Å²) in [5.74, 6) is -0.0291. The van der Waals surface area contributed by atoms with E-state index < -0.39 is 0 Å². The van der Waals surface area contributed by atoms with Gasteiger partial charge in [0.25, 0.3) is 0 Å². The molecule has 0 saturated carbocycles. The van der Waals surface area contributed by atoms with Gasteiger partial charge in [-0.05, 0) is 36.4 Å². The van der Waals surface area contributed by atoms with Gasteiger partial charge in [0.2, 0.25) is 0 Å². The van der Waals surface area contributed by atoms with Gasteiger partial charge in [0.05, 0.1) is 0 Å². The van der Waals surface area contributed by atoms with Gasteiger partial charge >= 0.3 is 0 Å². The Kier molecular flexibility index (Phi) is 3.30. The molecule has 0 amide bonds. The van der Waals surface area contributed by atoms with E-state index in [2.05, 4.69) is 0 Å². The second kappa shape index (κ2) is 4.89. The number of para-hydroxylation sites is 1. The minimum absolute atomic E-state index is 0.0291. The van der Waals surface area contributed by atoms with Crippen LogP contribution in [0.25, 0.3) is 0 Å². The summed E-state index contributed by atoms with van der Waals surface area (Å²) >= 11 is 5.84.